The van der Waals surface area contributed by atoms with Gasteiger partial charge >= 0.3 is 0 Å². The van der Waals surface area contributed by atoms with Crippen molar-refractivity contribution in [2.75, 3.05) is 12.4 Å². The molecule has 0 unspecified atom stereocenters. The van der Waals surface area contributed by atoms with Crippen molar-refractivity contribution < 1.29 is 22.7 Å². The van der Waals surface area contributed by atoms with E-state index in [1.54, 1.807) is 25.1 Å². The Hall–Kier alpha value is -1.97. The van der Waals surface area contributed by atoms with Crippen LogP contribution < -0.4 is 15.8 Å². The van der Waals surface area contributed by atoms with Crippen LogP contribution in [0.1, 0.15) is 15.9 Å². The third-order valence-corrected chi connectivity index (χ3v) is 3.85. The zero-order chi connectivity index (χ0) is 17.3. The van der Waals surface area contributed by atoms with Gasteiger partial charge in [0.05, 0.1) is 12.8 Å². The van der Waals surface area contributed by atoms with Crippen molar-refractivity contribution in [1.82, 2.24) is 0 Å². The molecule has 0 fully saturated rings. The molecule has 2 aromatic rings. The monoisotopic (exact) mass is 436 g/mol. The summed E-state index contributed by atoms with van der Waals surface area (Å²) in [7, 11) is 1.03. The van der Waals surface area contributed by atoms with Gasteiger partial charge in [0.15, 0.2) is 17.4 Å². The van der Waals surface area contributed by atoms with E-state index in [0.29, 0.717) is 5.69 Å². The molecular weight excluding hydrogens is 424 g/mol. The SMILES string of the molecule is COc1c(F)c(F)c(F)c(Nc2ccc(I)cc2C)c1C(N)=O. The molecule has 122 valence electrons. The first-order valence-corrected chi connectivity index (χ1v) is 7.43. The number of anilines is 2. The molecule has 0 saturated carbocycles. The Morgan fingerprint density at radius 1 is 1.22 bits per heavy atom. The molecule has 8 heteroatoms. The lowest BCUT2D eigenvalue weighted by molar-refractivity contribution is 0.0996. The highest BCUT2D eigenvalue weighted by Crippen LogP contribution is 2.36. The van der Waals surface area contributed by atoms with Crippen molar-refractivity contribution in [1.29, 1.82) is 0 Å². The summed E-state index contributed by atoms with van der Waals surface area (Å²) in [5.74, 6) is -6.80. The molecule has 1 amide bonds. The van der Waals surface area contributed by atoms with Gasteiger partial charge in [-0.05, 0) is 53.3 Å². The molecule has 2 aromatic carbocycles. The molecule has 0 saturated heterocycles. The van der Waals surface area contributed by atoms with Gasteiger partial charge in [-0.25, -0.2) is 8.78 Å². The van der Waals surface area contributed by atoms with Crippen molar-refractivity contribution in [2.45, 2.75) is 6.92 Å². The summed E-state index contributed by atoms with van der Waals surface area (Å²) in [4.78, 5) is 11.6. The molecule has 0 spiro atoms. The normalized spacial score (nSPS) is 10.5. The summed E-state index contributed by atoms with van der Waals surface area (Å²) in [5, 5.41) is 2.59. The van der Waals surface area contributed by atoms with Gasteiger partial charge < -0.3 is 15.8 Å². The Bertz CT molecular complexity index is 797. The van der Waals surface area contributed by atoms with Crippen LogP contribution in [-0.4, -0.2) is 13.0 Å². The van der Waals surface area contributed by atoms with E-state index >= 15 is 0 Å². The molecule has 0 heterocycles. The van der Waals surface area contributed by atoms with Crippen molar-refractivity contribution in [3.05, 3.63) is 50.3 Å². The molecule has 0 aliphatic heterocycles. The summed E-state index contributed by atoms with van der Waals surface area (Å²) in [5.41, 5.74) is 5.15. The zero-order valence-electron chi connectivity index (χ0n) is 12.1. The van der Waals surface area contributed by atoms with Crippen molar-refractivity contribution in [3.63, 3.8) is 0 Å². The number of hydrogen-bond acceptors (Lipinski definition) is 3. The number of halogens is 4. The number of aryl methyl sites for hydroxylation is 1. The number of hydrogen-bond donors (Lipinski definition) is 2. The summed E-state index contributed by atoms with van der Waals surface area (Å²) in [6, 6.07) is 5.14. The second-order valence-corrected chi connectivity index (χ2v) is 5.92. The maximum Gasteiger partial charge on any atom is 0.254 e. The molecular formula is C15H12F3IN2O2. The van der Waals surface area contributed by atoms with Crippen LogP contribution in [0.15, 0.2) is 18.2 Å². The number of methoxy groups -OCH3 is 1. The Morgan fingerprint density at radius 2 is 1.87 bits per heavy atom. The molecule has 0 atom stereocenters. The van der Waals surface area contributed by atoms with Crippen LogP contribution in [0.25, 0.3) is 0 Å². The zero-order valence-corrected chi connectivity index (χ0v) is 14.3. The fourth-order valence-electron chi connectivity index (χ4n) is 2.08. The van der Waals surface area contributed by atoms with Crippen LogP contribution in [0.4, 0.5) is 24.5 Å². The number of benzene rings is 2. The third kappa shape index (κ3) is 3.21. The number of carbonyl (C=O) groups is 1. The standard InChI is InChI=1S/C15H12F3IN2O2/c1-6-5-7(19)3-4-8(6)21-13-9(15(20)22)14(23-2)12(18)10(16)11(13)17/h3-5,21H,1-2H3,(H2,20,22). The Balaban J connectivity index is 2.70. The maximum absolute atomic E-state index is 14.2. The number of amides is 1. The Labute approximate surface area is 144 Å². The van der Waals surface area contributed by atoms with Crippen LogP contribution in [-0.2, 0) is 0 Å². The molecule has 4 nitrogen and oxygen atoms in total. The number of nitrogens with two attached hydrogens (primary N) is 1. The number of rotatable bonds is 4. The highest BCUT2D eigenvalue weighted by atomic mass is 127. The fraction of sp³-hybridized carbons (Fsp3) is 0.133. The number of nitrogens with one attached hydrogen (secondary N) is 1. The summed E-state index contributed by atoms with van der Waals surface area (Å²) >= 11 is 2.09. The molecule has 3 N–H and O–H groups in total. The van der Waals surface area contributed by atoms with Crippen LogP contribution in [0.2, 0.25) is 0 Å². The minimum absolute atomic E-state index is 0.417. The fourth-order valence-corrected chi connectivity index (χ4v) is 2.73. The van der Waals surface area contributed by atoms with Crippen molar-refractivity contribution in [2.24, 2.45) is 5.73 Å². The highest BCUT2D eigenvalue weighted by molar-refractivity contribution is 14.1. The topological polar surface area (TPSA) is 64.3 Å². The third-order valence-electron chi connectivity index (χ3n) is 3.18. The van der Waals surface area contributed by atoms with Gasteiger partial charge in [0.1, 0.15) is 5.56 Å². The van der Waals surface area contributed by atoms with E-state index in [0.717, 1.165) is 16.2 Å². The van der Waals surface area contributed by atoms with E-state index in [4.69, 9.17) is 5.73 Å². The van der Waals surface area contributed by atoms with Crippen LogP contribution >= 0.6 is 22.6 Å². The lowest BCUT2D eigenvalue weighted by Gasteiger charge is -2.17. The quantitative estimate of drug-likeness (QED) is 0.565. The Kier molecular flexibility index (Phi) is 5.03. The minimum atomic E-state index is -1.75. The molecule has 0 radical (unpaired) electrons. The first-order valence-electron chi connectivity index (χ1n) is 6.35. The lowest BCUT2D eigenvalue weighted by atomic mass is 10.1. The van der Waals surface area contributed by atoms with E-state index < -0.39 is 40.4 Å². The summed E-state index contributed by atoms with van der Waals surface area (Å²) < 4.78 is 47.2. The van der Waals surface area contributed by atoms with Crippen molar-refractivity contribution in [3.8, 4) is 5.75 Å². The van der Waals surface area contributed by atoms with E-state index in [-0.39, 0.29) is 0 Å². The predicted octanol–water partition coefficient (Wildman–Crippen LogP) is 3.87. The first-order chi connectivity index (χ1) is 10.8. The van der Waals surface area contributed by atoms with Crippen LogP contribution in [0.3, 0.4) is 0 Å². The van der Waals surface area contributed by atoms with E-state index in [2.05, 4.69) is 32.6 Å². The summed E-state index contributed by atoms with van der Waals surface area (Å²) in [6.45, 7) is 1.74. The lowest BCUT2D eigenvalue weighted by Crippen LogP contribution is -2.18. The van der Waals surface area contributed by atoms with E-state index in [9.17, 15) is 18.0 Å². The highest BCUT2D eigenvalue weighted by Gasteiger charge is 2.29. The van der Waals surface area contributed by atoms with Crippen LogP contribution in [0, 0.1) is 27.9 Å². The van der Waals surface area contributed by atoms with Crippen LogP contribution in [0.5, 0.6) is 5.75 Å². The molecule has 23 heavy (non-hydrogen) atoms. The van der Waals surface area contributed by atoms with Gasteiger partial charge in [-0.15, -0.1) is 0 Å². The van der Waals surface area contributed by atoms with Gasteiger partial charge in [-0.1, -0.05) is 0 Å². The first kappa shape index (κ1) is 17.4. The predicted molar refractivity (Wildman–Crippen MR) is 88.6 cm³/mol. The van der Waals surface area contributed by atoms with E-state index in [1.165, 1.54) is 0 Å². The number of ether oxygens (including phenoxy) is 1. The molecule has 2 rings (SSSR count). The molecule has 0 aliphatic rings. The Morgan fingerprint density at radius 3 is 2.39 bits per heavy atom. The smallest absolute Gasteiger partial charge is 0.254 e. The molecule has 0 aliphatic carbocycles. The summed E-state index contributed by atoms with van der Waals surface area (Å²) in [6.07, 6.45) is 0. The average molecular weight is 436 g/mol. The molecule has 0 bridgehead atoms. The second kappa shape index (κ2) is 6.65. The molecule has 0 aromatic heterocycles. The van der Waals surface area contributed by atoms with Gasteiger partial charge in [0.25, 0.3) is 5.91 Å². The largest absolute Gasteiger partial charge is 0.493 e. The minimum Gasteiger partial charge on any atom is -0.493 e. The average Bonchev–Trinajstić information content (AvgIpc) is 2.49. The van der Waals surface area contributed by atoms with Gasteiger partial charge in [-0.3, -0.25) is 4.79 Å². The van der Waals surface area contributed by atoms with E-state index in [1.807, 2.05) is 0 Å². The number of primary amides is 1. The van der Waals surface area contributed by atoms with Gasteiger partial charge in [-0.2, -0.15) is 4.39 Å². The number of carbonyl (C=O) groups excluding carboxylic acids is 1. The second-order valence-electron chi connectivity index (χ2n) is 4.67. The van der Waals surface area contributed by atoms with Gasteiger partial charge in [0, 0.05) is 9.26 Å². The maximum atomic E-state index is 14.2. The van der Waals surface area contributed by atoms with Crippen molar-refractivity contribution >= 4 is 39.9 Å². The van der Waals surface area contributed by atoms with Gasteiger partial charge in [0.2, 0.25) is 5.82 Å².